The summed E-state index contributed by atoms with van der Waals surface area (Å²) in [5, 5.41) is 11.5. The Hall–Kier alpha value is -3.42. The average molecular weight is 311 g/mol. The van der Waals surface area contributed by atoms with Crippen molar-refractivity contribution in [2.45, 2.75) is 6.42 Å². The minimum atomic E-state index is -0.535. The molecule has 3 aromatic rings. The molecule has 2 aromatic heterocycles. The number of H-pyrrole nitrogens is 1. The van der Waals surface area contributed by atoms with Gasteiger partial charge in [0.05, 0.1) is 11.3 Å². The van der Waals surface area contributed by atoms with Gasteiger partial charge in [-0.2, -0.15) is 0 Å². The second kappa shape index (κ2) is 6.14. The van der Waals surface area contributed by atoms with E-state index in [0.29, 0.717) is 5.82 Å². The van der Waals surface area contributed by atoms with Gasteiger partial charge in [0, 0.05) is 23.2 Å². The molecule has 0 aliphatic carbocycles. The highest BCUT2D eigenvalue weighted by Gasteiger charge is 2.09. The van der Waals surface area contributed by atoms with Crippen molar-refractivity contribution < 1.29 is 9.72 Å². The fourth-order valence-electron chi connectivity index (χ4n) is 2.20. The second-order valence-corrected chi connectivity index (χ2v) is 4.87. The molecule has 0 aliphatic rings. The maximum absolute atomic E-state index is 12.0. The number of aromatic nitrogens is 2. The van der Waals surface area contributed by atoms with E-state index >= 15 is 0 Å². The Labute approximate surface area is 130 Å². The summed E-state index contributed by atoms with van der Waals surface area (Å²) < 4.78 is 0. The van der Waals surface area contributed by atoms with Crippen LogP contribution in [-0.2, 0) is 11.2 Å². The summed E-state index contributed by atoms with van der Waals surface area (Å²) in [6.45, 7) is 0. The Morgan fingerprint density at radius 1 is 1.26 bits per heavy atom. The number of benzene rings is 1. The molecular formula is C15H13N5O3. The van der Waals surface area contributed by atoms with Crippen LogP contribution in [0, 0.1) is 10.1 Å². The van der Waals surface area contributed by atoms with Gasteiger partial charge in [-0.3, -0.25) is 25.8 Å². The number of fused-ring (bicyclic) bond motifs is 1. The Kier molecular flexibility index (Phi) is 3.88. The Balaban J connectivity index is 1.60. The maximum atomic E-state index is 12.0. The Morgan fingerprint density at radius 3 is 2.83 bits per heavy atom. The first-order valence-corrected chi connectivity index (χ1v) is 6.84. The number of amides is 1. The number of aromatic amines is 1. The molecule has 0 atom stereocenters. The molecule has 0 spiro atoms. The molecule has 0 saturated carbocycles. The number of hydrazine groups is 1. The molecule has 0 radical (unpaired) electrons. The molecule has 1 aromatic carbocycles. The molecule has 8 heteroatoms. The van der Waals surface area contributed by atoms with Crippen LogP contribution in [0.1, 0.15) is 5.56 Å². The van der Waals surface area contributed by atoms with Gasteiger partial charge < -0.3 is 4.98 Å². The molecule has 23 heavy (non-hydrogen) atoms. The summed E-state index contributed by atoms with van der Waals surface area (Å²) in [5.41, 5.74) is 6.89. The number of hydrogen-bond acceptors (Lipinski definition) is 5. The van der Waals surface area contributed by atoms with E-state index in [1.165, 1.54) is 12.1 Å². The topological polar surface area (TPSA) is 113 Å². The largest absolute Gasteiger partial charge is 0.361 e. The highest BCUT2D eigenvalue weighted by Crippen LogP contribution is 2.18. The van der Waals surface area contributed by atoms with E-state index in [4.69, 9.17) is 0 Å². The average Bonchev–Trinajstić information content (AvgIpc) is 2.96. The Morgan fingerprint density at radius 2 is 2.09 bits per heavy atom. The smallest absolute Gasteiger partial charge is 0.287 e. The minimum Gasteiger partial charge on any atom is -0.361 e. The zero-order chi connectivity index (χ0) is 16.2. The van der Waals surface area contributed by atoms with Crippen LogP contribution in [0.3, 0.4) is 0 Å². The standard InChI is InChI=1S/C15H13N5O3/c21-15(7-10-8-16-13-4-2-1-3-12(10)13)19-18-14-6-5-11(9-17-14)20(22)23/h1-6,8-9,16H,7H2,(H,17,18)(H,19,21). The lowest BCUT2D eigenvalue weighted by Gasteiger charge is -2.07. The van der Waals surface area contributed by atoms with Crippen molar-refractivity contribution in [3.8, 4) is 0 Å². The highest BCUT2D eigenvalue weighted by molar-refractivity contribution is 5.89. The van der Waals surface area contributed by atoms with Crippen molar-refractivity contribution >= 4 is 28.3 Å². The molecule has 0 unspecified atom stereocenters. The fourth-order valence-corrected chi connectivity index (χ4v) is 2.20. The monoisotopic (exact) mass is 311 g/mol. The molecule has 116 valence electrons. The number of carbonyl (C=O) groups is 1. The molecule has 3 N–H and O–H groups in total. The summed E-state index contributed by atoms with van der Waals surface area (Å²) in [4.78, 5) is 28.9. The number of rotatable bonds is 5. The summed E-state index contributed by atoms with van der Waals surface area (Å²) in [6, 6.07) is 10.4. The van der Waals surface area contributed by atoms with Gasteiger partial charge in [0.15, 0.2) is 0 Å². The number of nitrogens with zero attached hydrogens (tertiary/aromatic N) is 2. The first-order chi connectivity index (χ1) is 11.1. The van der Waals surface area contributed by atoms with Crippen LogP contribution in [0.5, 0.6) is 0 Å². The van der Waals surface area contributed by atoms with Crippen molar-refractivity contribution in [1.82, 2.24) is 15.4 Å². The number of pyridine rings is 1. The number of carbonyl (C=O) groups excluding carboxylic acids is 1. The first kappa shape index (κ1) is 14.5. The van der Waals surface area contributed by atoms with E-state index in [0.717, 1.165) is 22.7 Å². The summed E-state index contributed by atoms with van der Waals surface area (Å²) in [5.74, 6) is 0.0813. The van der Waals surface area contributed by atoms with Crippen molar-refractivity contribution in [3.05, 3.63) is 64.5 Å². The van der Waals surface area contributed by atoms with Gasteiger partial charge in [-0.1, -0.05) is 18.2 Å². The number of para-hydroxylation sites is 1. The van der Waals surface area contributed by atoms with Crippen LogP contribution in [0.4, 0.5) is 11.5 Å². The van der Waals surface area contributed by atoms with Gasteiger partial charge in [0.1, 0.15) is 12.0 Å². The summed E-state index contributed by atoms with van der Waals surface area (Å²) in [7, 11) is 0. The van der Waals surface area contributed by atoms with Crippen LogP contribution in [0.2, 0.25) is 0 Å². The number of nitro groups is 1. The SMILES string of the molecule is O=C(Cc1c[nH]c2ccccc12)NNc1ccc([N+](=O)[O-])cn1. The van der Waals surface area contributed by atoms with E-state index < -0.39 is 4.92 Å². The van der Waals surface area contributed by atoms with E-state index in [9.17, 15) is 14.9 Å². The molecule has 0 saturated heterocycles. The molecule has 0 aliphatic heterocycles. The van der Waals surface area contributed by atoms with E-state index in [-0.39, 0.29) is 18.0 Å². The van der Waals surface area contributed by atoms with Gasteiger partial charge in [-0.05, 0) is 17.7 Å². The van der Waals surface area contributed by atoms with E-state index in [1.54, 1.807) is 6.20 Å². The molecular weight excluding hydrogens is 298 g/mol. The van der Waals surface area contributed by atoms with Crippen LogP contribution in [-0.4, -0.2) is 20.8 Å². The molecule has 0 bridgehead atoms. The normalized spacial score (nSPS) is 10.4. The van der Waals surface area contributed by atoms with Gasteiger partial charge in [0.2, 0.25) is 5.91 Å². The highest BCUT2D eigenvalue weighted by atomic mass is 16.6. The Bertz CT molecular complexity index is 857. The first-order valence-electron chi connectivity index (χ1n) is 6.84. The number of nitrogens with one attached hydrogen (secondary N) is 3. The van der Waals surface area contributed by atoms with Crippen LogP contribution >= 0.6 is 0 Å². The van der Waals surface area contributed by atoms with E-state index in [1.807, 2.05) is 24.3 Å². The fraction of sp³-hybridized carbons (Fsp3) is 0.0667. The second-order valence-electron chi connectivity index (χ2n) is 4.87. The maximum Gasteiger partial charge on any atom is 0.287 e. The molecule has 2 heterocycles. The van der Waals surface area contributed by atoms with Gasteiger partial charge in [-0.15, -0.1) is 0 Å². The number of anilines is 1. The zero-order valence-electron chi connectivity index (χ0n) is 11.9. The number of hydrogen-bond donors (Lipinski definition) is 3. The predicted molar refractivity (Wildman–Crippen MR) is 84.7 cm³/mol. The summed E-state index contributed by atoms with van der Waals surface area (Å²) >= 11 is 0. The lowest BCUT2D eigenvalue weighted by atomic mass is 10.1. The van der Waals surface area contributed by atoms with Crippen LogP contribution in [0.25, 0.3) is 10.9 Å². The van der Waals surface area contributed by atoms with Gasteiger partial charge >= 0.3 is 0 Å². The van der Waals surface area contributed by atoms with Crippen molar-refractivity contribution in [2.24, 2.45) is 0 Å². The van der Waals surface area contributed by atoms with Crippen molar-refractivity contribution in [3.63, 3.8) is 0 Å². The third kappa shape index (κ3) is 3.26. The van der Waals surface area contributed by atoms with Crippen molar-refractivity contribution in [1.29, 1.82) is 0 Å². The van der Waals surface area contributed by atoms with Gasteiger partial charge in [0.25, 0.3) is 5.69 Å². The van der Waals surface area contributed by atoms with Crippen LogP contribution in [0.15, 0.2) is 48.8 Å². The molecule has 3 rings (SSSR count). The van der Waals surface area contributed by atoms with Crippen LogP contribution < -0.4 is 10.9 Å². The molecule has 1 amide bonds. The minimum absolute atomic E-state index is 0.110. The predicted octanol–water partition coefficient (Wildman–Crippen LogP) is 2.16. The van der Waals surface area contributed by atoms with Crippen molar-refractivity contribution in [2.75, 3.05) is 5.43 Å². The van der Waals surface area contributed by atoms with Gasteiger partial charge in [-0.25, -0.2) is 4.98 Å². The lowest BCUT2D eigenvalue weighted by molar-refractivity contribution is -0.385. The third-order valence-corrected chi connectivity index (χ3v) is 3.31. The molecule has 0 fully saturated rings. The summed E-state index contributed by atoms with van der Waals surface area (Å²) in [6.07, 6.45) is 3.12. The quantitative estimate of drug-likeness (QED) is 0.493. The van der Waals surface area contributed by atoms with E-state index in [2.05, 4.69) is 20.8 Å². The zero-order valence-corrected chi connectivity index (χ0v) is 11.9. The third-order valence-electron chi connectivity index (χ3n) is 3.31. The lowest BCUT2D eigenvalue weighted by Crippen LogP contribution is -2.31. The molecule has 8 nitrogen and oxygen atoms in total.